The van der Waals surface area contributed by atoms with Gasteiger partial charge in [-0.1, -0.05) is 6.07 Å². The minimum absolute atomic E-state index is 0.0678. The van der Waals surface area contributed by atoms with E-state index in [1.807, 2.05) is 0 Å². The summed E-state index contributed by atoms with van der Waals surface area (Å²) in [7, 11) is 1.54. The smallest absolute Gasteiger partial charge is 0.314 e. The first-order valence-corrected chi connectivity index (χ1v) is 5.69. The summed E-state index contributed by atoms with van der Waals surface area (Å²) in [6.45, 7) is 1.28. The van der Waals surface area contributed by atoms with Crippen molar-refractivity contribution in [3.63, 3.8) is 0 Å². The Morgan fingerprint density at radius 2 is 2.25 bits per heavy atom. The average molecular weight is 281 g/mol. The zero-order valence-corrected chi connectivity index (χ0v) is 10.8. The summed E-state index contributed by atoms with van der Waals surface area (Å²) in [5.41, 5.74) is 0.363. The van der Waals surface area contributed by atoms with Crippen LogP contribution in [0.25, 0.3) is 0 Å². The van der Waals surface area contributed by atoms with Crippen molar-refractivity contribution in [1.29, 1.82) is 0 Å². The fourth-order valence-electron chi connectivity index (χ4n) is 1.83. The number of halogens is 1. The summed E-state index contributed by atoms with van der Waals surface area (Å²) in [5, 5.41) is 24.2. The Balaban J connectivity index is 2.53. The number of ether oxygens (including phenoxy) is 1. The van der Waals surface area contributed by atoms with Crippen LogP contribution in [0, 0.1) is 22.9 Å². The molecule has 0 bridgehead atoms. The van der Waals surface area contributed by atoms with Crippen LogP contribution in [0.2, 0.25) is 0 Å². The van der Waals surface area contributed by atoms with Crippen molar-refractivity contribution < 1.29 is 19.2 Å². The van der Waals surface area contributed by atoms with E-state index in [9.17, 15) is 19.6 Å². The van der Waals surface area contributed by atoms with E-state index in [0.29, 0.717) is 11.3 Å². The van der Waals surface area contributed by atoms with Crippen LogP contribution in [-0.2, 0) is 13.7 Å². The van der Waals surface area contributed by atoms with Crippen molar-refractivity contribution in [2.75, 3.05) is 0 Å². The number of hydrogen-bond donors (Lipinski definition) is 1. The zero-order valence-electron chi connectivity index (χ0n) is 10.8. The van der Waals surface area contributed by atoms with Crippen LogP contribution < -0.4 is 4.74 Å². The second-order valence-electron chi connectivity index (χ2n) is 4.10. The topological polar surface area (TPSA) is 90.4 Å². The number of hydrogen-bond acceptors (Lipinski definition) is 5. The summed E-state index contributed by atoms with van der Waals surface area (Å²) in [5.74, 6) is -1.30. The van der Waals surface area contributed by atoms with Crippen LogP contribution in [0.3, 0.4) is 0 Å². The van der Waals surface area contributed by atoms with Crippen LogP contribution in [0.15, 0.2) is 18.2 Å². The number of aryl methyl sites for hydroxylation is 2. The first-order chi connectivity index (χ1) is 9.45. The van der Waals surface area contributed by atoms with E-state index in [4.69, 9.17) is 4.74 Å². The number of nitro benzene ring substituents is 1. The van der Waals surface area contributed by atoms with Crippen molar-refractivity contribution in [3.05, 3.63) is 45.4 Å². The molecule has 1 heterocycles. The summed E-state index contributed by atoms with van der Waals surface area (Å²) < 4.78 is 20.3. The van der Waals surface area contributed by atoms with Crippen molar-refractivity contribution in [3.8, 4) is 11.6 Å². The molecule has 8 heteroatoms. The number of para-hydroxylation sites is 1. The summed E-state index contributed by atoms with van der Waals surface area (Å²) >= 11 is 0. The van der Waals surface area contributed by atoms with Crippen molar-refractivity contribution in [2.45, 2.75) is 13.5 Å². The van der Waals surface area contributed by atoms with Gasteiger partial charge in [0.05, 0.1) is 22.8 Å². The van der Waals surface area contributed by atoms with Gasteiger partial charge in [-0.2, -0.15) is 5.10 Å². The maximum Gasteiger partial charge on any atom is 0.314 e. The van der Waals surface area contributed by atoms with Gasteiger partial charge in [0.1, 0.15) is 0 Å². The summed E-state index contributed by atoms with van der Waals surface area (Å²) in [6, 6.07) is 3.42. The molecule has 0 spiro atoms. The number of aliphatic hydroxyl groups excluding tert-OH is 1. The first kappa shape index (κ1) is 13.9. The molecule has 0 saturated heterocycles. The zero-order chi connectivity index (χ0) is 14.9. The second-order valence-corrected chi connectivity index (χ2v) is 4.10. The molecule has 0 fully saturated rings. The average Bonchev–Trinajstić information content (AvgIpc) is 2.65. The Bertz CT molecular complexity index is 669. The monoisotopic (exact) mass is 281 g/mol. The molecule has 1 N–H and O–H groups in total. The number of nitro groups is 1. The van der Waals surface area contributed by atoms with Gasteiger partial charge in [0.2, 0.25) is 11.6 Å². The van der Waals surface area contributed by atoms with Gasteiger partial charge >= 0.3 is 5.69 Å². The van der Waals surface area contributed by atoms with Gasteiger partial charge in [-0.25, -0.2) is 9.07 Å². The molecule has 0 radical (unpaired) electrons. The van der Waals surface area contributed by atoms with E-state index in [2.05, 4.69) is 5.10 Å². The number of rotatable bonds is 4. The molecular formula is C12H12FN3O4. The maximum absolute atomic E-state index is 13.7. The van der Waals surface area contributed by atoms with Gasteiger partial charge < -0.3 is 9.84 Å². The van der Waals surface area contributed by atoms with Gasteiger partial charge in [0.15, 0.2) is 5.82 Å². The Morgan fingerprint density at radius 1 is 1.55 bits per heavy atom. The lowest BCUT2D eigenvalue weighted by molar-refractivity contribution is -0.385. The van der Waals surface area contributed by atoms with E-state index < -0.39 is 22.2 Å². The number of benzene rings is 1. The van der Waals surface area contributed by atoms with Gasteiger partial charge in [-0.05, 0) is 13.0 Å². The Kier molecular flexibility index (Phi) is 3.66. The molecule has 1 aromatic carbocycles. The number of nitrogens with zero attached hydrogens (tertiary/aromatic N) is 3. The lowest BCUT2D eigenvalue weighted by Crippen LogP contribution is -2.01. The van der Waals surface area contributed by atoms with Crippen molar-refractivity contribution in [2.24, 2.45) is 7.05 Å². The quantitative estimate of drug-likeness (QED) is 0.684. The molecule has 2 rings (SSSR count). The van der Waals surface area contributed by atoms with E-state index in [0.717, 1.165) is 12.1 Å². The molecule has 0 amide bonds. The molecule has 0 unspecified atom stereocenters. The molecule has 1 aromatic heterocycles. The van der Waals surface area contributed by atoms with E-state index >= 15 is 0 Å². The molecule has 106 valence electrons. The molecule has 20 heavy (non-hydrogen) atoms. The minimum atomic E-state index is -0.859. The van der Waals surface area contributed by atoms with Crippen LogP contribution in [0.5, 0.6) is 11.6 Å². The molecule has 0 aliphatic heterocycles. The molecule has 0 atom stereocenters. The fourth-order valence-corrected chi connectivity index (χ4v) is 1.83. The van der Waals surface area contributed by atoms with Gasteiger partial charge in [-0.15, -0.1) is 0 Å². The van der Waals surface area contributed by atoms with E-state index in [1.165, 1.54) is 17.8 Å². The standard InChI is InChI=1S/C12H12FN3O4/c1-7-8(6-17)12(15(2)14-7)20-11-9(13)4-3-5-10(11)16(18)19/h3-5,17H,6H2,1-2H3. The second kappa shape index (κ2) is 5.25. The van der Waals surface area contributed by atoms with Crippen LogP contribution in [-0.4, -0.2) is 19.8 Å². The maximum atomic E-state index is 13.7. The predicted molar refractivity (Wildman–Crippen MR) is 67.0 cm³/mol. The SMILES string of the molecule is Cc1nn(C)c(Oc2c(F)cccc2[N+](=O)[O-])c1CO. The molecule has 0 saturated carbocycles. The van der Waals surface area contributed by atoms with Crippen molar-refractivity contribution in [1.82, 2.24) is 9.78 Å². The lowest BCUT2D eigenvalue weighted by Gasteiger charge is -2.08. The van der Waals surface area contributed by atoms with Gasteiger partial charge in [-0.3, -0.25) is 10.1 Å². The fraction of sp³-hybridized carbons (Fsp3) is 0.250. The largest absolute Gasteiger partial charge is 0.429 e. The normalized spacial score (nSPS) is 10.6. The highest BCUT2D eigenvalue weighted by Crippen LogP contribution is 2.35. The first-order valence-electron chi connectivity index (χ1n) is 5.69. The Labute approximate surface area is 113 Å². The molecular weight excluding hydrogens is 269 g/mol. The summed E-state index contributed by atoms with van der Waals surface area (Å²) in [6.07, 6.45) is 0. The molecule has 2 aromatic rings. The Hall–Kier alpha value is -2.48. The predicted octanol–water partition coefficient (Wildman–Crippen LogP) is 2.06. The van der Waals surface area contributed by atoms with Gasteiger partial charge in [0.25, 0.3) is 0 Å². The highest BCUT2D eigenvalue weighted by Gasteiger charge is 2.23. The summed E-state index contributed by atoms with van der Waals surface area (Å²) in [4.78, 5) is 10.2. The highest BCUT2D eigenvalue weighted by molar-refractivity contribution is 5.49. The Morgan fingerprint density at radius 3 is 2.85 bits per heavy atom. The third kappa shape index (κ3) is 2.32. The van der Waals surface area contributed by atoms with Crippen LogP contribution in [0.1, 0.15) is 11.3 Å². The third-order valence-electron chi connectivity index (χ3n) is 2.79. The van der Waals surface area contributed by atoms with Crippen LogP contribution >= 0.6 is 0 Å². The van der Waals surface area contributed by atoms with Gasteiger partial charge in [0, 0.05) is 13.1 Å². The molecule has 7 nitrogen and oxygen atoms in total. The van der Waals surface area contributed by atoms with Crippen molar-refractivity contribution >= 4 is 5.69 Å². The minimum Gasteiger partial charge on any atom is -0.429 e. The number of aliphatic hydroxyl groups is 1. The van der Waals surface area contributed by atoms with E-state index in [-0.39, 0.29) is 12.5 Å². The lowest BCUT2D eigenvalue weighted by atomic mass is 10.2. The van der Waals surface area contributed by atoms with Crippen LogP contribution in [0.4, 0.5) is 10.1 Å². The molecule has 0 aliphatic carbocycles. The highest BCUT2D eigenvalue weighted by atomic mass is 19.1. The number of aromatic nitrogens is 2. The van der Waals surface area contributed by atoms with E-state index in [1.54, 1.807) is 6.92 Å². The third-order valence-corrected chi connectivity index (χ3v) is 2.79. The molecule has 0 aliphatic rings.